The van der Waals surface area contributed by atoms with Crippen molar-refractivity contribution in [2.45, 2.75) is 64.2 Å². The van der Waals surface area contributed by atoms with Crippen molar-refractivity contribution in [2.24, 2.45) is 5.92 Å². The molecule has 1 aliphatic heterocycles. The van der Waals surface area contributed by atoms with Gasteiger partial charge in [0.05, 0.1) is 12.2 Å². The number of aliphatic hydroxyl groups is 1. The van der Waals surface area contributed by atoms with E-state index in [1.165, 1.54) is 12.8 Å². The summed E-state index contributed by atoms with van der Waals surface area (Å²) in [5, 5.41) is 18.3. The van der Waals surface area contributed by atoms with Gasteiger partial charge in [0, 0.05) is 19.3 Å². The molecule has 8 nitrogen and oxygen atoms in total. The van der Waals surface area contributed by atoms with E-state index in [2.05, 4.69) is 32.1 Å². The molecular formula is C19H28N6O2. The molecule has 27 heavy (non-hydrogen) atoms. The minimum atomic E-state index is -0.975. The molecule has 146 valence electrons. The highest BCUT2D eigenvalue weighted by atomic mass is 16.5. The van der Waals surface area contributed by atoms with Gasteiger partial charge < -0.3 is 14.7 Å². The standard InChI is InChI=1S/C19H28N6O2/c1-13-4-6-15(7-5-13)27-18-20-9-8-17(21-18)24-10-14(11-24)25-12-16(22-23-25)19(2,3)26/h8-9,12-15,26H,4-7,10-11H2,1-3H3. The van der Waals surface area contributed by atoms with Gasteiger partial charge >= 0.3 is 6.01 Å². The van der Waals surface area contributed by atoms with Crippen LogP contribution in [-0.2, 0) is 5.60 Å². The Kier molecular flexibility index (Phi) is 4.75. The van der Waals surface area contributed by atoms with Gasteiger partial charge in [0.15, 0.2) is 0 Å². The molecule has 0 atom stereocenters. The first-order valence-electron chi connectivity index (χ1n) is 9.78. The Morgan fingerprint density at radius 2 is 1.93 bits per heavy atom. The second-order valence-corrected chi connectivity index (χ2v) is 8.40. The fourth-order valence-electron chi connectivity index (χ4n) is 3.61. The number of rotatable bonds is 5. The molecule has 1 saturated carbocycles. The van der Waals surface area contributed by atoms with E-state index >= 15 is 0 Å². The molecule has 0 unspecified atom stereocenters. The number of hydrogen-bond acceptors (Lipinski definition) is 7. The predicted molar refractivity (Wildman–Crippen MR) is 101 cm³/mol. The number of aromatic nitrogens is 5. The number of hydrogen-bond donors (Lipinski definition) is 1. The molecular weight excluding hydrogens is 344 g/mol. The van der Waals surface area contributed by atoms with Crippen molar-refractivity contribution in [3.8, 4) is 6.01 Å². The van der Waals surface area contributed by atoms with Crippen LogP contribution in [0, 0.1) is 5.92 Å². The molecule has 0 radical (unpaired) electrons. The van der Waals surface area contributed by atoms with E-state index in [-0.39, 0.29) is 12.1 Å². The van der Waals surface area contributed by atoms with Gasteiger partial charge in [0.2, 0.25) is 0 Å². The van der Waals surface area contributed by atoms with Gasteiger partial charge in [-0.1, -0.05) is 12.1 Å². The highest BCUT2D eigenvalue weighted by Crippen LogP contribution is 2.29. The van der Waals surface area contributed by atoms with E-state index in [9.17, 15) is 5.11 Å². The van der Waals surface area contributed by atoms with Gasteiger partial charge in [-0.15, -0.1) is 5.10 Å². The van der Waals surface area contributed by atoms with Crippen LogP contribution in [-0.4, -0.2) is 49.3 Å². The summed E-state index contributed by atoms with van der Waals surface area (Å²) < 4.78 is 7.84. The molecule has 2 aliphatic rings. The number of nitrogens with zero attached hydrogens (tertiary/aromatic N) is 6. The molecule has 1 saturated heterocycles. The van der Waals surface area contributed by atoms with Crippen LogP contribution in [0.15, 0.2) is 18.5 Å². The quantitative estimate of drug-likeness (QED) is 0.861. The maximum atomic E-state index is 10.0. The second-order valence-electron chi connectivity index (χ2n) is 8.40. The predicted octanol–water partition coefficient (Wildman–Crippen LogP) is 2.31. The van der Waals surface area contributed by atoms with Crippen molar-refractivity contribution in [1.82, 2.24) is 25.0 Å². The summed E-state index contributed by atoms with van der Waals surface area (Å²) in [6.07, 6.45) is 8.40. The first-order chi connectivity index (χ1) is 12.9. The Bertz CT molecular complexity index is 773. The van der Waals surface area contributed by atoms with Crippen molar-refractivity contribution in [2.75, 3.05) is 18.0 Å². The molecule has 8 heteroatoms. The van der Waals surface area contributed by atoms with Gasteiger partial charge in [0.1, 0.15) is 23.2 Å². The third-order valence-electron chi connectivity index (χ3n) is 5.55. The van der Waals surface area contributed by atoms with Crippen molar-refractivity contribution < 1.29 is 9.84 Å². The zero-order valence-electron chi connectivity index (χ0n) is 16.2. The number of ether oxygens (including phenoxy) is 1. The molecule has 0 bridgehead atoms. The summed E-state index contributed by atoms with van der Waals surface area (Å²) >= 11 is 0. The second kappa shape index (κ2) is 7.07. The molecule has 3 heterocycles. The Labute approximate surface area is 159 Å². The van der Waals surface area contributed by atoms with Crippen LogP contribution in [0.3, 0.4) is 0 Å². The number of anilines is 1. The average molecular weight is 372 g/mol. The summed E-state index contributed by atoms with van der Waals surface area (Å²) in [6.45, 7) is 7.32. The zero-order valence-corrected chi connectivity index (χ0v) is 16.2. The van der Waals surface area contributed by atoms with E-state index in [0.29, 0.717) is 11.7 Å². The fourth-order valence-corrected chi connectivity index (χ4v) is 3.61. The summed E-state index contributed by atoms with van der Waals surface area (Å²) in [4.78, 5) is 11.0. The largest absolute Gasteiger partial charge is 0.460 e. The van der Waals surface area contributed by atoms with Crippen molar-refractivity contribution in [3.63, 3.8) is 0 Å². The van der Waals surface area contributed by atoms with Crippen LogP contribution < -0.4 is 9.64 Å². The summed E-state index contributed by atoms with van der Waals surface area (Å²) in [5.74, 6) is 1.67. The highest BCUT2D eigenvalue weighted by molar-refractivity contribution is 5.42. The van der Waals surface area contributed by atoms with E-state index in [1.54, 1.807) is 20.0 Å². The minimum Gasteiger partial charge on any atom is -0.460 e. The van der Waals surface area contributed by atoms with Crippen LogP contribution >= 0.6 is 0 Å². The molecule has 4 rings (SSSR count). The lowest BCUT2D eigenvalue weighted by Crippen LogP contribution is -2.48. The summed E-state index contributed by atoms with van der Waals surface area (Å²) in [7, 11) is 0. The summed E-state index contributed by atoms with van der Waals surface area (Å²) in [5.41, 5.74) is -0.391. The molecule has 2 aromatic rings. The van der Waals surface area contributed by atoms with Crippen molar-refractivity contribution >= 4 is 5.82 Å². The third kappa shape index (κ3) is 4.05. The normalized spacial score (nSPS) is 23.9. The molecule has 2 aromatic heterocycles. The van der Waals surface area contributed by atoms with Crippen LogP contribution in [0.4, 0.5) is 5.82 Å². The third-order valence-corrected chi connectivity index (χ3v) is 5.55. The van der Waals surface area contributed by atoms with Crippen LogP contribution in [0.2, 0.25) is 0 Å². The van der Waals surface area contributed by atoms with Crippen molar-refractivity contribution in [3.05, 3.63) is 24.2 Å². The van der Waals surface area contributed by atoms with Gasteiger partial charge in [-0.3, -0.25) is 0 Å². The average Bonchev–Trinajstić information content (AvgIpc) is 3.06. The SMILES string of the molecule is CC1CCC(Oc2nccc(N3CC(n4cc(C(C)(C)O)nn4)C3)n2)CC1. The molecule has 0 aromatic carbocycles. The Morgan fingerprint density at radius 1 is 1.19 bits per heavy atom. The van der Waals surface area contributed by atoms with Gasteiger partial charge in [0.25, 0.3) is 0 Å². The lowest BCUT2D eigenvalue weighted by molar-refractivity contribution is 0.0737. The Hall–Kier alpha value is -2.22. The lowest BCUT2D eigenvalue weighted by atomic mass is 9.89. The topological polar surface area (TPSA) is 89.2 Å². The maximum absolute atomic E-state index is 10.0. The highest BCUT2D eigenvalue weighted by Gasteiger charge is 2.32. The van der Waals surface area contributed by atoms with Crippen LogP contribution in [0.25, 0.3) is 0 Å². The van der Waals surface area contributed by atoms with E-state index in [1.807, 2.05) is 16.9 Å². The van der Waals surface area contributed by atoms with Crippen LogP contribution in [0.5, 0.6) is 6.01 Å². The Balaban J connectivity index is 1.35. The summed E-state index contributed by atoms with van der Waals surface area (Å²) in [6, 6.07) is 2.61. The van der Waals surface area contributed by atoms with Crippen LogP contribution in [0.1, 0.15) is 58.2 Å². The molecule has 0 spiro atoms. The molecule has 2 fully saturated rings. The van der Waals surface area contributed by atoms with E-state index in [0.717, 1.165) is 37.7 Å². The van der Waals surface area contributed by atoms with Crippen molar-refractivity contribution in [1.29, 1.82) is 0 Å². The minimum absolute atomic E-state index is 0.229. The van der Waals surface area contributed by atoms with Gasteiger partial charge in [-0.25, -0.2) is 9.67 Å². The van der Waals surface area contributed by atoms with Gasteiger partial charge in [-0.2, -0.15) is 4.98 Å². The van der Waals surface area contributed by atoms with E-state index in [4.69, 9.17) is 4.74 Å². The smallest absolute Gasteiger partial charge is 0.318 e. The first-order valence-corrected chi connectivity index (χ1v) is 9.78. The van der Waals surface area contributed by atoms with Gasteiger partial charge in [-0.05, 0) is 51.5 Å². The maximum Gasteiger partial charge on any atom is 0.318 e. The first kappa shape index (κ1) is 18.2. The monoisotopic (exact) mass is 372 g/mol. The molecule has 1 aliphatic carbocycles. The van der Waals surface area contributed by atoms with E-state index < -0.39 is 5.60 Å². The molecule has 0 amide bonds. The fraction of sp³-hybridized carbons (Fsp3) is 0.684. The zero-order chi connectivity index (χ0) is 19.0. The Morgan fingerprint density at radius 3 is 2.59 bits per heavy atom. The molecule has 1 N–H and O–H groups in total. The lowest BCUT2D eigenvalue weighted by Gasteiger charge is -2.39.